The van der Waals surface area contributed by atoms with E-state index >= 15 is 0 Å². The zero-order chi connectivity index (χ0) is 17.7. The number of hydrogen-bond donors (Lipinski definition) is 0. The molecule has 1 saturated heterocycles. The van der Waals surface area contributed by atoms with Crippen LogP contribution in [0.4, 0.5) is 0 Å². The van der Waals surface area contributed by atoms with Crippen molar-refractivity contribution in [2.75, 3.05) is 6.54 Å². The number of para-hydroxylation sites is 1. The molecule has 1 aromatic heterocycles. The molecule has 0 saturated carbocycles. The molecule has 0 N–H and O–H groups in total. The summed E-state index contributed by atoms with van der Waals surface area (Å²) in [5, 5.41) is 1.36. The molecular weight excluding hydrogens is 320 g/mol. The van der Waals surface area contributed by atoms with E-state index in [4.69, 9.17) is 0 Å². The zero-order valence-corrected chi connectivity index (χ0v) is 15.2. The summed E-state index contributed by atoms with van der Waals surface area (Å²) in [5.74, 6) is 0.320. The fourth-order valence-corrected chi connectivity index (χ4v) is 5.14. The van der Waals surface area contributed by atoms with Gasteiger partial charge in [-0.25, -0.2) is 0 Å². The Hall–Kier alpha value is -2.55. The fraction of sp³-hybridized carbons (Fsp3) is 0.348. The highest BCUT2D eigenvalue weighted by Crippen LogP contribution is 2.46. The van der Waals surface area contributed by atoms with E-state index in [1.165, 1.54) is 27.7 Å². The number of amides is 1. The van der Waals surface area contributed by atoms with Crippen molar-refractivity contribution in [1.29, 1.82) is 0 Å². The van der Waals surface area contributed by atoms with E-state index in [0.717, 1.165) is 32.4 Å². The van der Waals surface area contributed by atoms with E-state index < -0.39 is 0 Å². The van der Waals surface area contributed by atoms with Crippen LogP contribution in [-0.4, -0.2) is 21.9 Å². The predicted molar refractivity (Wildman–Crippen MR) is 104 cm³/mol. The number of piperidine rings is 1. The molecule has 5 rings (SSSR count). The van der Waals surface area contributed by atoms with E-state index in [1.54, 1.807) is 0 Å². The van der Waals surface area contributed by atoms with Gasteiger partial charge < -0.3 is 9.47 Å². The average molecular weight is 344 g/mol. The lowest BCUT2D eigenvalue weighted by Gasteiger charge is -2.48. The summed E-state index contributed by atoms with van der Waals surface area (Å²) < 4.78 is 2.48. The summed E-state index contributed by atoms with van der Waals surface area (Å²) in [6.07, 6.45) is 3.69. The summed E-state index contributed by atoms with van der Waals surface area (Å²) in [4.78, 5) is 14.8. The molecule has 3 nitrogen and oxygen atoms in total. The van der Waals surface area contributed by atoms with E-state index in [1.807, 2.05) is 0 Å². The van der Waals surface area contributed by atoms with Crippen LogP contribution in [0.5, 0.6) is 0 Å². The number of aromatic nitrogens is 1. The van der Waals surface area contributed by atoms with Gasteiger partial charge in [-0.2, -0.15) is 0 Å². The molecule has 0 unspecified atom stereocenters. The maximum atomic E-state index is 12.6. The monoisotopic (exact) mass is 344 g/mol. The van der Waals surface area contributed by atoms with Crippen LogP contribution in [0.1, 0.15) is 43.0 Å². The third kappa shape index (κ3) is 2.16. The molecule has 2 aromatic carbocycles. The van der Waals surface area contributed by atoms with Crippen molar-refractivity contribution in [3.8, 4) is 0 Å². The molecule has 2 aliphatic heterocycles. The lowest BCUT2D eigenvalue weighted by Crippen LogP contribution is -2.54. The van der Waals surface area contributed by atoms with Crippen molar-refractivity contribution in [3.05, 3.63) is 71.4 Å². The average Bonchev–Trinajstić information content (AvgIpc) is 2.98. The van der Waals surface area contributed by atoms with E-state index in [2.05, 4.69) is 71.0 Å². The van der Waals surface area contributed by atoms with E-state index in [0.29, 0.717) is 12.3 Å². The van der Waals surface area contributed by atoms with Crippen LogP contribution in [0.25, 0.3) is 10.9 Å². The molecule has 3 heterocycles. The highest BCUT2D eigenvalue weighted by molar-refractivity contribution is 5.88. The minimum atomic E-state index is -0.184. The minimum absolute atomic E-state index is 0.184. The van der Waals surface area contributed by atoms with Crippen molar-refractivity contribution in [3.63, 3.8) is 0 Å². The summed E-state index contributed by atoms with van der Waals surface area (Å²) in [6, 6.07) is 19.4. The summed E-state index contributed by atoms with van der Waals surface area (Å²) in [6.45, 7) is 3.98. The van der Waals surface area contributed by atoms with Gasteiger partial charge in [-0.05, 0) is 43.4 Å². The van der Waals surface area contributed by atoms with Crippen LogP contribution in [0.15, 0.2) is 54.6 Å². The molecule has 1 amide bonds. The molecule has 132 valence electrons. The molecule has 1 fully saturated rings. The summed E-state index contributed by atoms with van der Waals surface area (Å²) >= 11 is 0. The highest BCUT2D eigenvalue weighted by atomic mass is 16.2. The Morgan fingerprint density at radius 3 is 2.62 bits per heavy atom. The van der Waals surface area contributed by atoms with Gasteiger partial charge in [-0.1, -0.05) is 48.5 Å². The summed E-state index contributed by atoms with van der Waals surface area (Å²) in [7, 11) is 0. The van der Waals surface area contributed by atoms with Crippen molar-refractivity contribution in [2.45, 2.75) is 44.7 Å². The number of rotatable bonds is 2. The molecule has 26 heavy (non-hydrogen) atoms. The number of hydrogen-bond acceptors (Lipinski definition) is 1. The fourth-order valence-electron chi connectivity index (χ4n) is 5.14. The number of nitrogens with zero attached hydrogens (tertiary/aromatic N) is 2. The van der Waals surface area contributed by atoms with Crippen LogP contribution in [-0.2, 0) is 23.3 Å². The Labute approximate surface area is 154 Å². The molecule has 0 spiro atoms. The van der Waals surface area contributed by atoms with Crippen molar-refractivity contribution in [1.82, 2.24) is 9.47 Å². The second-order valence-electron chi connectivity index (χ2n) is 7.84. The van der Waals surface area contributed by atoms with E-state index in [9.17, 15) is 4.79 Å². The largest absolute Gasteiger partial charge is 0.338 e. The Kier molecular flexibility index (Phi) is 3.46. The van der Waals surface area contributed by atoms with Gasteiger partial charge in [-0.15, -0.1) is 0 Å². The van der Waals surface area contributed by atoms with E-state index in [-0.39, 0.29) is 5.54 Å². The molecule has 0 aliphatic carbocycles. The first kappa shape index (κ1) is 15.7. The number of carbonyl (C=O) groups excluding carboxylic acids is 1. The number of fused-ring (bicyclic) bond motifs is 5. The molecular formula is C23H24N2O. The number of carbonyl (C=O) groups is 1. The van der Waals surface area contributed by atoms with Gasteiger partial charge in [0, 0.05) is 36.1 Å². The molecule has 1 atom stereocenters. The third-order valence-electron chi connectivity index (χ3n) is 6.31. The molecule has 3 heteroatoms. The van der Waals surface area contributed by atoms with Crippen LogP contribution >= 0.6 is 0 Å². The lowest BCUT2D eigenvalue weighted by atomic mass is 9.79. The van der Waals surface area contributed by atoms with Crippen LogP contribution in [0, 0.1) is 0 Å². The topological polar surface area (TPSA) is 25.2 Å². The Bertz CT molecular complexity index is 988. The van der Waals surface area contributed by atoms with Gasteiger partial charge in [0.05, 0.1) is 5.54 Å². The zero-order valence-electron chi connectivity index (χ0n) is 15.2. The first-order chi connectivity index (χ1) is 12.7. The van der Waals surface area contributed by atoms with Gasteiger partial charge >= 0.3 is 0 Å². The Morgan fingerprint density at radius 2 is 1.77 bits per heavy atom. The third-order valence-corrected chi connectivity index (χ3v) is 6.31. The van der Waals surface area contributed by atoms with Gasteiger partial charge in [0.1, 0.15) is 0 Å². The van der Waals surface area contributed by atoms with Gasteiger partial charge in [0.2, 0.25) is 5.91 Å². The normalized spacial score (nSPS) is 22.3. The van der Waals surface area contributed by atoms with Crippen LogP contribution in [0.3, 0.4) is 0 Å². The first-order valence-corrected chi connectivity index (χ1v) is 9.63. The van der Waals surface area contributed by atoms with Crippen molar-refractivity contribution in [2.24, 2.45) is 0 Å². The lowest BCUT2D eigenvalue weighted by molar-refractivity contribution is -0.142. The predicted octanol–water partition coefficient (Wildman–Crippen LogP) is 4.47. The molecule has 3 aromatic rings. The second-order valence-corrected chi connectivity index (χ2v) is 7.84. The maximum absolute atomic E-state index is 12.6. The molecule has 0 bridgehead atoms. The first-order valence-electron chi connectivity index (χ1n) is 9.63. The quantitative estimate of drug-likeness (QED) is 0.673. The standard InChI is InChI=1S/C23H24N2O/c1-23-14-7-12-21(26)25(23)15-13-19-18-10-5-6-11-20(18)24(22(19)23)16-17-8-3-2-4-9-17/h2-6,8-11H,7,12-16H2,1H3/t23-/m0/s1. The van der Waals surface area contributed by atoms with Crippen molar-refractivity contribution < 1.29 is 4.79 Å². The highest BCUT2D eigenvalue weighted by Gasteiger charge is 2.46. The minimum Gasteiger partial charge on any atom is -0.338 e. The smallest absolute Gasteiger partial charge is 0.223 e. The van der Waals surface area contributed by atoms with Gasteiger partial charge in [-0.3, -0.25) is 4.79 Å². The summed E-state index contributed by atoms with van der Waals surface area (Å²) in [5.41, 5.74) is 5.23. The number of benzene rings is 2. The SMILES string of the molecule is C[C@@]12CCCC(=O)N1CCc1c2n(Cc2ccccc2)c2ccccc12. The van der Waals surface area contributed by atoms with Crippen LogP contribution < -0.4 is 0 Å². The Balaban J connectivity index is 1.76. The van der Waals surface area contributed by atoms with Crippen LogP contribution in [0.2, 0.25) is 0 Å². The Morgan fingerprint density at radius 1 is 1.00 bits per heavy atom. The van der Waals surface area contributed by atoms with Gasteiger partial charge in [0.15, 0.2) is 0 Å². The van der Waals surface area contributed by atoms with Crippen molar-refractivity contribution >= 4 is 16.8 Å². The second kappa shape index (κ2) is 5.73. The molecule has 2 aliphatic rings. The molecule has 0 radical (unpaired) electrons. The van der Waals surface area contributed by atoms with Gasteiger partial charge in [0.25, 0.3) is 0 Å². The maximum Gasteiger partial charge on any atom is 0.223 e.